The smallest absolute Gasteiger partial charge is 0.233 e. The second kappa shape index (κ2) is 7.85. The number of nitrogens with two attached hydrogens (primary N) is 1. The number of hydrogen-bond donors (Lipinski definition) is 2. The Labute approximate surface area is 118 Å². The van der Waals surface area contributed by atoms with E-state index >= 15 is 0 Å². The van der Waals surface area contributed by atoms with Crippen LogP contribution in [0.4, 0.5) is 0 Å². The van der Waals surface area contributed by atoms with E-state index in [2.05, 4.69) is 24.1 Å². The SMILES string of the molecule is CCCN(CC(=O)NC)C1(CN)CCC(CC)CC1. The molecule has 0 aromatic rings. The van der Waals surface area contributed by atoms with E-state index in [1.807, 2.05) is 0 Å². The zero-order valence-electron chi connectivity index (χ0n) is 12.9. The molecule has 0 bridgehead atoms. The van der Waals surface area contributed by atoms with Gasteiger partial charge in [-0.3, -0.25) is 9.69 Å². The standard InChI is InChI=1S/C15H31N3O/c1-4-10-18(11-14(19)17-3)15(12-16)8-6-13(5-2)7-9-15/h13H,4-12,16H2,1-3H3,(H,17,19). The number of rotatable bonds is 7. The molecule has 0 unspecified atom stereocenters. The van der Waals surface area contributed by atoms with E-state index in [9.17, 15) is 4.79 Å². The lowest BCUT2D eigenvalue weighted by Crippen LogP contribution is -2.58. The summed E-state index contributed by atoms with van der Waals surface area (Å²) in [5.41, 5.74) is 6.15. The second-order valence-electron chi connectivity index (χ2n) is 5.87. The largest absolute Gasteiger partial charge is 0.358 e. The highest BCUT2D eigenvalue weighted by Crippen LogP contribution is 2.37. The van der Waals surface area contributed by atoms with Gasteiger partial charge in [-0.05, 0) is 44.6 Å². The molecule has 112 valence electrons. The summed E-state index contributed by atoms with van der Waals surface area (Å²) in [5, 5.41) is 2.73. The van der Waals surface area contributed by atoms with Gasteiger partial charge in [0.2, 0.25) is 5.91 Å². The van der Waals surface area contributed by atoms with Gasteiger partial charge >= 0.3 is 0 Å². The monoisotopic (exact) mass is 269 g/mol. The zero-order chi connectivity index (χ0) is 14.3. The van der Waals surface area contributed by atoms with Crippen molar-refractivity contribution in [3.63, 3.8) is 0 Å². The molecule has 3 N–H and O–H groups in total. The van der Waals surface area contributed by atoms with Crippen molar-refractivity contribution in [3.8, 4) is 0 Å². The molecule has 0 heterocycles. The van der Waals surface area contributed by atoms with E-state index in [-0.39, 0.29) is 11.4 Å². The normalized spacial score (nSPS) is 27.5. The van der Waals surface area contributed by atoms with Crippen LogP contribution >= 0.6 is 0 Å². The van der Waals surface area contributed by atoms with Crippen LogP contribution in [0.2, 0.25) is 0 Å². The minimum absolute atomic E-state index is 0.0498. The van der Waals surface area contributed by atoms with E-state index in [0.29, 0.717) is 13.1 Å². The van der Waals surface area contributed by atoms with Gasteiger partial charge in [0.25, 0.3) is 0 Å². The summed E-state index contributed by atoms with van der Waals surface area (Å²) in [7, 11) is 1.70. The summed E-state index contributed by atoms with van der Waals surface area (Å²) >= 11 is 0. The molecule has 1 rings (SSSR count). The summed E-state index contributed by atoms with van der Waals surface area (Å²) in [6, 6.07) is 0. The van der Waals surface area contributed by atoms with Crippen LogP contribution in [0.5, 0.6) is 0 Å². The third-order valence-electron chi connectivity index (χ3n) is 4.77. The molecule has 1 saturated carbocycles. The highest BCUT2D eigenvalue weighted by molar-refractivity contribution is 5.77. The van der Waals surface area contributed by atoms with Gasteiger partial charge in [0.15, 0.2) is 0 Å². The molecule has 4 nitrogen and oxygen atoms in total. The van der Waals surface area contributed by atoms with Gasteiger partial charge in [-0.2, -0.15) is 0 Å². The Morgan fingerprint density at radius 2 is 2.00 bits per heavy atom. The van der Waals surface area contributed by atoms with Crippen LogP contribution in [0.25, 0.3) is 0 Å². The van der Waals surface area contributed by atoms with Crippen molar-refractivity contribution in [2.75, 3.05) is 26.7 Å². The fourth-order valence-corrected chi connectivity index (χ4v) is 3.28. The number of carbonyl (C=O) groups excluding carboxylic acids is 1. The number of nitrogens with one attached hydrogen (secondary N) is 1. The summed E-state index contributed by atoms with van der Waals surface area (Å²) in [5.74, 6) is 0.946. The van der Waals surface area contributed by atoms with Gasteiger partial charge in [0.05, 0.1) is 6.54 Å². The van der Waals surface area contributed by atoms with Crippen LogP contribution in [-0.4, -0.2) is 43.0 Å². The molecule has 1 aliphatic carbocycles. The highest BCUT2D eigenvalue weighted by Gasteiger charge is 2.39. The third-order valence-corrected chi connectivity index (χ3v) is 4.77. The number of hydrogen-bond acceptors (Lipinski definition) is 3. The van der Waals surface area contributed by atoms with E-state index in [1.165, 1.54) is 19.3 Å². The van der Waals surface area contributed by atoms with Crippen molar-refractivity contribution in [1.29, 1.82) is 0 Å². The summed E-state index contributed by atoms with van der Waals surface area (Å²) in [6.45, 7) is 6.55. The third kappa shape index (κ3) is 4.18. The average Bonchev–Trinajstić information content (AvgIpc) is 2.46. The molecule has 0 aromatic carbocycles. The maximum absolute atomic E-state index is 11.7. The molecular formula is C15H31N3O. The number of nitrogens with zero attached hydrogens (tertiary/aromatic N) is 1. The second-order valence-corrected chi connectivity index (χ2v) is 5.87. The Bertz CT molecular complexity index is 273. The summed E-state index contributed by atoms with van der Waals surface area (Å²) < 4.78 is 0. The lowest BCUT2D eigenvalue weighted by Gasteiger charge is -2.47. The molecule has 0 atom stereocenters. The fraction of sp³-hybridized carbons (Fsp3) is 0.933. The van der Waals surface area contributed by atoms with Gasteiger partial charge in [-0.25, -0.2) is 0 Å². The maximum Gasteiger partial charge on any atom is 0.233 e. The van der Waals surface area contributed by atoms with Crippen LogP contribution in [0.1, 0.15) is 52.4 Å². The van der Waals surface area contributed by atoms with Gasteiger partial charge in [0.1, 0.15) is 0 Å². The molecule has 4 heteroatoms. The fourth-order valence-electron chi connectivity index (χ4n) is 3.28. The Hall–Kier alpha value is -0.610. The first-order valence-electron chi connectivity index (χ1n) is 7.77. The number of carbonyl (C=O) groups is 1. The van der Waals surface area contributed by atoms with Gasteiger partial charge < -0.3 is 11.1 Å². The maximum atomic E-state index is 11.7. The average molecular weight is 269 g/mol. The molecule has 0 saturated heterocycles. The topological polar surface area (TPSA) is 58.4 Å². The Balaban J connectivity index is 2.74. The van der Waals surface area contributed by atoms with Gasteiger partial charge in [0, 0.05) is 19.1 Å². The Morgan fingerprint density at radius 1 is 1.37 bits per heavy atom. The minimum Gasteiger partial charge on any atom is -0.358 e. The molecule has 0 radical (unpaired) electrons. The van der Waals surface area contributed by atoms with Crippen LogP contribution < -0.4 is 11.1 Å². The predicted octanol–water partition coefficient (Wildman–Crippen LogP) is 1.74. The van der Waals surface area contributed by atoms with E-state index < -0.39 is 0 Å². The zero-order valence-corrected chi connectivity index (χ0v) is 12.9. The van der Waals surface area contributed by atoms with Crippen LogP contribution in [0.15, 0.2) is 0 Å². The van der Waals surface area contributed by atoms with Crippen LogP contribution in [-0.2, 0) is 4.79 Å². The predicted molar refractivity (Wildman–Crippen MR) is 80.0 cm³/mol. The molecule has 0 spiro atoms. The molecule has 19 heavy (non-hydrogen) atoms. The van der Waals surface area contributed by atoms with E-state index in [1.54, 1.807) is 7.05 Å². The van der Waals surface area contributed by atoms with Crippen molar-refractivity contribution in [2.45, 2.75) is 57.9 Å². The minimum atomic E-state index is 0.0498. The molecule has 1 fully saturated rings. The van der Waals surface area contributed by atoms with Crippen molar-refractivity contribution in [3.05, 3.63) is 0 Å². The first-order valence-corrected chi connectivity index (χ1v) is 7.77. The number of amides is 1. The molecule has 1 amide bonds. The van der Waals surface area contributed by atoms with E-state index in [4.69, 9.17) is 5.73 Å². The molecule has 0 aromatic heterocycles. The first-order chi connectivity index (χ1) is 9.11. The van der Waals surface area contributed by atoms with Crippen molar-refractivity contribution in [2.24, 2.45) is 11.7 Å². The van der Waals surface area contributed by atoms with E-state index in [0.717, 1.165) is 31.7 Å². The van der Waals surface area contributed by atoms with Crippen molar-refractivity contribution in [1.82, 2.24) is 10.2 Å². The quantitative estimate of drug-likeness (QED) is 0.740. The molecule has 0 aliphatic heterocycles. The first kappa shape index (κ1) is 16.4. The summed E-state index contributed by atoms with van der Waals surface area (Å²) in [4.78, 5) is 14.1. The van der Waals surface area contributed by atoms with Crippen LogP contribution in [0, 0.1) is 5.92 Å². The Morgan fingerprint density at radius 3 is 2.42 bits per heavy atom. The lowest BCUT2D eigenvalue weighted by atomic mass is 9.74. The lowest BCUT2D eigenvalue weighted by molar-refractivity contribution is -0.124. The van der Waals surface area contributed by atoms with Crippen molar-refractivity contribution >= 4 is 5.91 Å². The molecule has 1 aliphatic rings. The van der Waals surface area contributed by atoms with Gasteiger partial charge in [-0.15, -0.1) is 0 Å². The Kier molecular flexibility index (Phi) is 6.80. The highest BCUT2D eigenvalue weighted by atomic mass is 16.1. The molecular weight excluding hydrogens is 238 g/mol. The number of likely N-dealkylation sites (N-methyl/N-ethyl adjacent to an activating group) is 1. The van der Waals surface area contributed by atoms with Gasteiger partial charge in [-0.1, -0.05) is 20.3 Å². The van der Waals surface area contributed by atoms with Crippen LogP contribution in [0.3, 0.4) is 0 Å². The summed E-state index contributed by atoms with van der Waals surface area (Å²) in [6.07, 6.45) is 7.11. The van der Waals surface area contributed by atoms with Crippen molar-refractivity contribution < 1.29 is 4.79 Å².